The van der Waals surface area contributed by atoms with Gasteiger partial charge in [0.25, 0.3) is 5.91 Å². The van der Waals surface area contributed by atoms with Crippen LogP contribution in [0.2, 0.25) is 0 Å². The molecule has 0 aliphatic carbocycles. The molecule has 0 bridgehead atoms. The SMILES string of the molecule is CC(C)Oc1cccc(CN2CC[C@@]3(C[C@@H]2C)C(=O)N(Cc2nccs2)C(=O)N3c2cccc(F)c2)c1. The van der Waals surface area contributed by atoms with Crippen LogP contribution in [0.25, 0.3) is 0 Å². The van der Waals surface area contributed by atoms with Gasteiger partial charge in [0.05, 0.1) is 12.6 Å². The first-order valence-electron chi connectivity index (χ1n) is 12.6. The van der Waals surface area contributed by atoms with Crippen LogP contribution in [0.3, 0.4) is 0 Å². The standard InChI is InChI=1S/C28H31FN4O3S/c1-19(2)36-24-9-4-6-21(14-24)17-31-12-10-28(16-20(31)3)26(34)32(18-25-30-11-13-37-25)27(35)33(28)23-8-5-7-22(29)15-23/h4-9,11,13-15,19-20H,10,12,16-18H2,1-3H3/t20-,28+/m0/s1. The summed E-state index contributed by atoms with van der Waals surface area (Å²) in [6.45, 7) is 7.52. The molecule has 3 amide bonds. The molecule has 7 nitrogen and oxygen atoms in total. The fraction of sp³-hybridized carbons (Fsp3) is 0.393. The third kappa shape index (κ3) is 4.98. The third-order valence-electron chi connectivity index (χ3n) is 7.06. The molecule has 1 aromatic heterocycles. The molecule has 2 atom stereocenters. The minimum atomic E-state index is -1.07. The van der Waals surface area contributed by atoms with Crippen molar-refractivity contribution in [3.63, 3.8) is 0 Å². The maximum Gasteiger partial charge on any atom is 0.332 e. The van der Waals surface area contributed by atoms with Gasteiger partial charge < -0.3 is 4.74 Å². The zero-order valence-electron chi connectivity index (χ0n) is 21.3. The number of ether oxygens (including phenoxy) is 1. The summed E-state index contributed by atoms with van der Waals surface area (Å²) in [4.78, 5) is 37.0. The molecule has 3 heterocycles. The molecular weight excluding hydrogens is 491 g/mol. The average molecular weight is 523 g/mol. The van der Waals surface area contributed by atoms with Crippen molar-refractivity contribution in [3.8, 4) is 5.75 Å². The van der Waals surface area contributed by atoms with Crippen molar-refractivity contribution in [2.45, 2.75) is 64.4 Å². The van der Waals surface area contributed by atoms with E-state index in [0.717, 1.165) is 11.3 Å². The lowest BCUT2D eigenvalue weighted by Crippen LogP contribution is -2.59. The number of amides is 3. The summed E-state index contributed by atoms with van der Waals surface area (Å²) in [7, 11) is 0. The number of thiazole rings is 1. The van der Waals surface area contributed by atoms with E-state index in [1.54, 1.807) is 18.3 Å². The Morgan fingerprint density at radius 3 is 2.68 bits per heavy atom. The lowest BCUT2D eigenvalue weighted by atomic mass is 9.81. The van der Waals surface area contributed by atoms with Gasteiger partial charge in [-0.2, -0.15) is 0 Å². The predicted octanol–water partition coefficient (Wildman–Crippen LogP) is 5.46. The van der Waals surface area contributed by atoms with Gasteiger partial charge in [-0.15, -0.1) is 11.3 Å². The first-order chi connectivity index (χ1) is 17.8. The number of anilines is 1. The van der Waals surface area contributed by atoms with Crippen molar-refractivity contribution in [1.82, 2.24) is 14.8 Å². The lowest BCUT2D eigenvalue weighted by Gasteiger charge is -2.45. The molecule has 3 aromatic rings. The van der Waals surface area contributed by atoms with Gasteiger partial charge in [-0.1, -0.05) is 18.2 Å². The van der Waals surface area contributed by atoms with Gasteiger partial charge in [-0.3, -0.25) is 19.5 Å². The van der Waals surface area contributed by atoms with E-state index in [9.17, 15) is 14.0 Å². The highest BCUT2D eigenvalue weighted by Crippen LogP contribution is 2.43. The Morgan fingerprint density at radius 1 is 1.16 bits per heavy atom. The Balaban J connectivity index is 1.42. The van der Waals surface area contributed by atoms with Crippen LogP contribution in [0.1, 0.15) is 44.2 Å². The summed E-state index contributed by atoms with van der Waals surface area (Å²) in [5.74, 6) is 0.149. The molecule has 9 heteroatoms. The molecule has 5 rings (SSSR count). The van der Waals surface area contributed by atoms with Crippen molar-refractivity contribution in [1.29, 1.82) is 0 Å². The number of urea groups is 1. The highest BCUT2D eigenvalue weighted by molar-refractivity contribution is 7.09. The fourth-order valence-electron chi connectivity index (χ4n) is 5.44. The average Bonchev–Trinajstić information content (AvgIpc) is 3.43. The summed E-state index contributed by atoms with van der Waals surface area (Å²) in [5.41, 5.74) is 0.460. The number of likely N-dealkylation sites (tertiary alicyclic amines) is 1. The molecule has 0 radical (unpaired) electrons. The second-order valence-corrected chi connectivity index (χ2v) is 11.0. The number of hydrogen-bond donors (Lipinski definition) is 0. The summed E-state index contributed by atoms with van der Waals surface area (Å²) in [5, 5.41) is 2.51. The van der Waals surface area contributed by atoms with Crippen LogP contribution in [0.4, 0.5) is 14.9 Å². The monoisotopic (exact) mass is 522 g/mol. The zero-order valence-corrected chi connectivity index (χ0v) is 22.1. The Kier molecular flexibility index (Phi) is 7.00. The van der Waals surface area contributed by atoms with E-state index in [4.69, 9.17) is 4.74 Å². The maximum absolute atomic E-state index is 14.2. The molecule has 0 saturated carbocycles. The number of carbonyl (C=O) groups excluding carboxylic acids is 2. The Morgan fingerprint density at radius 2 is 1.97 bits per heavy atom. The quantitative estimate of drug-likeness (QED) is 0.386. The minimum absolute atomic E-state index is 0.0102. The molecule has 0 N–H and O–H groups in total. The number of hydrogen-bond acceptors (Lipinski definition) is 6. The number of piperidine rings is 1. The summed E-state index contributed by atoms with van der Waals surface area (Å²) in [6.07, 6.45) is 2.66. The number of nitrogens with zero attached hydrogens (tertiary/aromatic N) is 4. The van der Waals surface area contributed by atoms with Crippen molar-refractivity contribution in [2.75, 3.05) is 11.4 Å². The van der Waals surface area contributed by atoms with Gasteiger partial charge in [0.2, 0.25) is 0 Å². The molecule has 2 saturated heterocycles. The summed E-state index contributed by atoms with van der Waals surface area (Å²) < 4.78 is 20.1. The largest absolute Gasteiger partial charge is 0.491 e. The van der Waals surface area contributed by atoms with E-state index in [1.165, 1.54) is 33.3 Å². The van der Waals surface area contributed by atoms with Gasteiger partial charge in [0.15, 0.2) is 0 Å². The molecule has 194 valence electrons. The summed E-state index contributed by atoms with van der Waals surface area (Å²) >= 11 is 1.40. The molecular formula is C28H31FN4O3S. The second kappa shape index (κ2) is 10.2. The van der Waals surface area contributed by atoms with Crippen LogP contribution >= 0.6 is 11.3 Å². The molecule has 2 aliphatic heterocycles. The highest BCUT2D eigenvalue weighted by atomic mass is 32.1. The highest BCUT2D eigenvalue weighted by Gasteiger charge is 2.59. The number of imide groups is 1. The molecule has 2 fully saturated rings. The first kappa shape index (κ1) is 25.4. The van der Waals surface area contributed by atoms with Crippen molar-refractivity contribution >= 4 is 29.0 Å². The number of aromatic nitrogens is 1. The predicted molar refractivity (Wildman–Crippen MR) is 141 cm³/mol. The van der Waals surface area contributed by atoms with Crippen LogP contribution in [-0.2, 0) is 17.9 Å². The van der Waals surface area contributed by atoms with E-state index in [0.29, 0.717) is 36.6 Å². The molecule has 2 aliphatic rings. The third-order valence-corrected chi connectivity index (χ3v) is 7.83. The summed E-state index contributed by atoms with van der Waals surface area (Å²) in [6, 6.07) is 13.6. The van der Waals surface area contributed by atoms with Crippen molar-refractivity contribution in [3.05, 3.63) is 76.5 Å². The van der Waals surface area contributed by atoms with Crippen LogP contribution in [0.15, 0.2) is 60.1 Å². The fourth-order valence-corrected chi connectivity index (χ4v) is 6.05. The Bertz CT molecular complexity index is 1280. The van der Waals surface area contributed by atoms with Gasteiger partial charge in [0, 0.05) is 36.4 Å². The van der Waals surface area contributed by atoms with Crippen LogP contribution < -0.4 is 9.64 Å². The van der Waals surface area contributed by atoms with Crippen LogP contribution in [0, 0.1) is 5.82 Å². The van der Waals surface area contributed by atoms with Gasteiger partial charge in [-0.05, 0) is 69.5 Å². The number of carbonyl (C=O) groups is 2. The normalized spacial score (nSPS) is 22.5. The maximum atomic E-state index is 14.2. The van der Waals surface area contributed by atoms with Crippen molar-refractivity contribution in [2.24, 2.45) is 0 Å². The number of halogens is 1. The van der Waals surface area contributed by atoms with E-state index in [1.807, 2.05) is 31.4 Å². The zero-order chi connectivity index (χ0) is 26.2. The molecule has 2 aromatic carbocycles. The molecule has 0 unspecified atom stereocenters. The molecule has 1 spiro atoms. The van der Waals surface area contributed by atoms with Crippen molar-refractivity contribution < 1.29 is 18.7 Å². The second-order valence-electron chi connectivity index (χ2n) is 10.0. The minimum Gasteiger partial charge on any atom is -0.491 e. The smallest absolute Gasteiger partial charge is 0.332 e. The van der Waals surface area contributed by atoms with E-state index < -0.39 is 17.4 Å². The van der Waals surface area contributed by atoms with Gasteiger partial charge in [0.1, 0.15) is 22.1 Å². The number of benzene rings is 2. The van der Waals surface area contributed by atoms with E-state index in [-0.39, 0.29) is 24.6 Å². The van der Waals surface area contributed by atoms with Gasteiger partial charge >= 0.3 is 6.03 Å². The lowest BCUT2D eigenvalue weighted by molar-refractivity contribution is -0.133. The topological polar surface area (TPSA) is 66.0 Å². The van der Waals surface area contributed by atoms with Crippen LogP contribution in [-0.4, -0.2) is 51.0 Å². The first-order valence-corrected chi connectivity index (χ1v) is 13.4. The Labute approximate surface area is 220 Å². The Hall–Kier alpha value is -3.30. The number of rotatable bonds is 7. The van der Waals surface area contributed by atoms with Gasteiger partial charge in [-0.25, -0.2) is 14.2 Å². The van der Waals surface area contributed by atoms with E-state index >= 15 is 0 Å². The molecule has 37 heavy (non-hydrogen) atoms. The van der Waals surface area contributed by atoms with Crippen LogP contribution in [0.5, 0.6) is 5.75 Å². The van der Waals surface area contributed by atoms with E-state index in [2.05, 4.69) is 28.9 Å².